The normalized spacial score (nSPS) is 14.3. The average Bonchev–Trinajstić information content (AvgIpc) is 3.11. The predicted molar refractivity (Wildman–Crippen MR) is 222 cm³/mol. The second-order valence-corrected chi connectivity index (χ2v) is 16.8. The zero-order valence-electron chi connectivity index (χ0n) is 35.0. The van der Waals surface area contributed by atoms with Crippen molar-refractivity contribution in [3.63, 3.8) is 0 Å². The number of phosphoric acid groups is 1. The van der Waals surface area contributed by atoms with Gasteiger partial charge in [0.05, 0.1) is 34.4 Å². The highest BCUT2D eigenvalue weighted by Gasteiger charge is 2.20. The monoisotopic (exact) mass is 768 g/mol. The van der Waals surface area contributed by atoms with Crippen LogP contribution in [0.15, 0.2) is 48.6 Å². The van der Waals surface area contributed by atoms with Gasteiger partial charge >= 0.3 is 5.97 Å². The molecule has 0 aromatic carbocycles. The lowest BCUT2D eigenvalue weighted by molar-refractivity contribution is -0.870. The van der Waals surface area contributed by atoms with Gasteiger partial charge in [0.1, 0.15) is 19.3 Å². The lowest BCUT2D eigenvalue weighted by Crippen LogP contribution is -2.37. The van der Waals surface area contributed by atoms with E-state index < -0.39 is 13.9 Å². The number of esters is 1. The number of allylic oxidation sites excluding steroid dienone is 8. The number of carbonyl (C=O) groups is 1. The summed E-state index contributed by atoms with van der Waals surface area (Å²) in [6.45, 7) is 5.31. The minimum absolute atomic E-state index is 0.0157. The molecule has 0 bridgehead atoms. The molecule has 0 radical (unpaired) electrons. The Balaban J connectivity index is 4.36. The molecular formula is C44H82NO7P. The van der Waals surface area contributed by atoms with E-state index in [1.54, 1.807) is 0 Å². The van der Waals surface area contributed by atoms with Gasteiger partial charge in [-0.1, -0.05) is 159 Å². The van der Waals surface area contributed by atoms with E-state index in [2.05, 4.69) is 62.5 Å². The largest absolute Gasteiger partial charge is 0.756 e. The van der Waals surface area contributed by atoms with E-state index in [9.17, 15) is 14.3 Å². The molecule has 0 saturated carbocycles. The standard InChI is InChI=1S/C44H82NO7P/c1-6-8-10-12-14-16-18-20-22-23-24-25-27-29-31-33-35-37-44(46)52-43(42-51-53(47,48)50-40-38-45(3,4)5)41-49-39-36-34-32-30-28-26-21-19-17-15-13-11-9-7-2/h14,16,20,22,24-25,29,31,43H,6-13,15,17-19,21,23,26-28,30,32-42H2,1-5H3/b16-14+,22-20+,25-24+,31-29+. The highest BCUT2D eigenvalue weighted by atomic mass is 31.2. The number of carbonyl (C=O) groups excluding carboxylic acids is 1. The molecule has 0 heterocycles. The average molecular weight is 768 g/mol. The molecule has 2 atom stereocenters. The van der Waals surface area contributed by atoms with Crippen LogP contribution >= 0.6 is 7.82 Å². The predicted octanol–water partition coefficient (Wildman–Crippen LogP) is 11.7. The maximum absolute atomic E-state index is 12.6. The lowest BCUT2D eigenvalue weighted by atomic mass is 10.0. The highest BCUT2D eigenvalue weighted by molar-refractivity contribution is 7.45. The molecule has 0 N–H and O–H groups in total. The number of nitrogens with zero attached hydrogens (tertiary/aromatic N) is 1. The van der Waals surface area contributed by atoms with Crippen LogP contribution in [0, 0.1) is 0 Å². The number of hydrogen-bond acceptors (Lipinski definition) is 7. The van der Waals surface area contributed by atoms with Crippen molar-refractivity contribution < 1.29 is 37.3 Å². The van der Waals surface area contributed by atoms with Gasteiger partial charge in [-0.05, 0) is 51.4 Å². The molecule has 8 nitrogen and oxygen atoms in total. The summed E-state index contributed by atoms with van der Waals surface area (Å²) in [4.78, 5) is 25.0. The van der Waals surface area contributed by atoms with E-state index in [4.69, 9.17) is 18.5 Å². The van der Waals surface area contributed by atoms with Gasteiger partial charge < -0.3 is 27.9 Å². The maximum Gasteiger partial charge on any atom is 0.306 e. The Kier molecular flexibility index (Phi) is 36.3. The minimum atomic E-state index is -4.54. The van der Waals surface area contributed by atoms with Gasteiger partial charge in [0.2, 0.25) is 0 Å². The molecule has 0 aliphatic rings. The van der Waals surface area contributed by atoms with Crippen LogP contribution in [-0.2, 0) is 27.9 Å². The Hall–Kier alpha value is -1.54. The van der Waals surface area contributed by atoms with Crippen LogP contribution in [-0.4, -0.2) is 70.7 Å². The number of ether oxygens (including phenoxy) is 2. The third kappa shape index (κ3) is 41.5. The molecule has 0 aliphatic carbocycles. The van der Waals surface area contributed by atoms with E-state index in [0.717, 1.165) is 38.5 Å². The van der Waals surface area contributed by atoms with Gasteiger partial charge in [-0.15, -0.1) is 0 Å². The van der Waals surface area contributed by atoms with Crippen LogP contribution in [0.3, 0.4) is 0 Å². The molecular weight excluding hydrogens is 685 g/mol. The van der Waals surface area contributed by atoms with Crippen molar-refractivity contribution in [2.75, 3.05) is 54.1 Å². The third-order valence-corrected chi connectivity index (χ3v) is 9.85. The Morgan fingerprint density at radius 3 is 1.55 bits per heavy atom. The van der Waals surface area contributed by atoms with Crippen LogP contribution in [0.5, 0.6) is 0 Å². The molecule has 0 rings (SSSR count). The molecule has 0 aromatic rings. The molecule has 0 saturated heterocycles. The van der Waals surface area contributed by atoms with E-state index in [1.165, 1.54) is 103 Å². The van der Waals surface area contributed by atoms with Crippen molar-refractivity contribution >= 4 is 13.8 Å². The Morgan fingerprint density at radius 2 is 1.04 bits per heavy atom. The van der Waals surface area contributed by atoms with Crippen molar-refractivity contribution in [1.29, 1.82) is 0 Å². The molecule has 0 spiro atoms. The van der Waals surface area contributed by atoms with Gasteiger partial charge in [-0.2, -0.15) is 0 Å². The number of quaternary nitrogens is 1. The quantitative estimate of drug-likeness (QED) is 0.0202. The van der Waals surface area contributed by atoms with Crippen molar-refractivity contribution in [2.24, 2.45) is 0 Å². The summed E-state index contributed by atoms with van der Waals surface area (Å²) in [5.41, 5.74) is 0. The first-order valence-corrected chi connectivity index (χ1v) is 22.8. The van der Waals surface area contributed by atoms with Crippen molar-refractivity contribution in [2.45, 2.75) is 174 Å². The number of hydrogen-bond donors (Lipinski definition) is 0. The summed E-state index contributed by atoms with van der Waals surface area (Å²) in [7, 11) is 1.32. The van der Waals surface area contributed by atoms with Crippen LogP contribution in [0.25, 0.3) is 0 Å². The molecule has 310 valence electrons. The summed E-state index contributed by atoms with van der Waals surface area (Å²) >= 11 is 0. The summed E-state index contributed by atoms with van der Waals surface area (Å²) < 4.78 is 34.5. The first-order valence-electron chi connectivity index (χ1n) is 21.4. The molecule has 0 aliphatic heterocycles. The zero-order chi connectivity index (χ0) is 39.1. The molecule has 9 heteroatoms. The van der Waals surface area contributed by atoms with Gasteiger partial charge in [0.15, 0.2) is 0 Å². The Bertz CT molecular complexity index is 989. The minimum Gasteiger partial charge on any atom is -0.756 e. The second kappa shape index (κ2) is 37.4. The third-order valence-electron chi connectivity index (χ3n) is 8.88. The van der Waals surface area contributed by atoms with E-state index in [-0.39, 0.29) is 32.2 Å². The fourth-order valence-corrected chi connectivity index (χ4v) is 6.27. The van der Waals surface area contributed by atoms with Gasteiger partial charge in [0, 0.05) is 13.0 Å². The zero-order valence-corrected chi connectivity index (χ0v) is 35.8. The second-order valence-electron chi connectivity index (χ2n) is 15.4. The van der Waals surface area contributed by atoms with Crippen LogP contribution in [0.2, 0.25) is 0 Å². The fourth-order valence-electron chi connectivity index (χ4n) is 5.54. The van der Waals surface area contributed by atoms with Gasteiger partial charge in [-0.3, -0.25) is 9.36 Å². The summed E-state index contributed by atoms with van der Waals surface area (Å²) in [5, 5.41) is 0. The molecule has 2 unspecified atom stereocenters. The summed E-state index contributed by atoms with van der Waals surface area (Å²) in [6.07, 6.45) is 44.1. The number of unbranched alkanes of at least 4 members (excludes halogenated alkanes) is 17. The fraction of sp³-hybridized carbons (Fsp3) is 0.795. The van der Waals surface area contributed by atoms with E-state index in [0.29, 0.717) is 24.1 Å². The lowest BCUT2D eigenvalue weighted by Gasteiger charge is -2.28. The maximum atomic E-state index is 12.6. The van der Waals surface area contributed by atoms with Gasteiger partial charge in [-0.25, -0.2) is 0 Å². The molecule has 0 fully saturated rings. The van der Waals surface area contributed by atoms with Gasteiger partial charge in [0.25, 0.3) is 7.82 Å². The molecule has 0 aromatic heterocycles. The number of likely N-dealkylation sites (N-methyl/N-ethyl adjacent to an activating group) is 1. The molecule has 53 heavy (non-hydrogen) atoms. The van der Waals surface area contributed by atoms with E-state index in [1.807, 2.05) is 21.1 Å². The van der Waals surface area contributed by atoms with Crippen LogP contribution < -0.4 is 4.89 Å². The first-order chi connectivity index (χ1) is 25.6. The first kappa shape index (κ1) is 51.5. The van der Waals surface area contributed by atoms with E-state index >= 15 is 0 Å². The Labute approximate surface area is 327 Å². The Morgan fingerprint density at radius 1 is 0.585 bits per heavy atom. The SMILES string of the molecule is CCCCC/C=C/C/C=C/C/C=C/C/C=C/CCCC(=O)OC(COCCCCCCCCCCCCCCCC)COP(=O)([O-])OCC[N+](C)(C)C. The number of rotatable bonds is 39. The molecule has 0 amide bonds. The highest BCUT2D eigenvalue weighted by Crippen LogP contribution is 2.38. The topological polar surface area (TPSA) is 94.1 Å². The van der Waals surface area contributed by atoms with Crippen LogP contribution in [0.4, 0.5) is 0 Å². The van der Waals surface area contributed by atoms with Crippen molar-refractivity contribution in [3.05, 3.63) is 48.6 Å². The van der Waals surface area contributed by atoms with Crippen LogP contribution in [0.1, 0.15) is 168 Å². The number of phosphoric ester groups is 1. The van der Waals surface area contributed by atoms with Crippen molar-refractivity contribution in [3.8, 4) is 0 Å². The van der Waals surface area contributed by atoms with Crippen molar-refractivity contribution in [1.82, 2.24) is 0 Å². The summed E-state index contributed by atoms with van der Waals surface area (Å²) in [5.74, 6) is -0.388. The summed E-state index contributed by atoms with van der Waals surface area (Å²) in [6, 6.07) is 0. The smallest absolute Gasteiger partial charge is 0.306 e.